The molecule has 1 amide bonds. The number of amides is 1. The Kier molecular flexibility index (Phi) is 7.07. The molecule has 1 aromatic heterocycles. The van der Waals surface area contributed by atoms with Gasteiger partial charge < -0.3 is 5.32 Å². The van der Waals surface area contributed by atoms with E-state index in [1.54, 1.807) is 30.5 Å². The lowest BCUT2D eigenvalue weighted by Gasteiger charge is -2.12. The number of aryl methyl sites for hydroxylation is 2. The monoisotopic (exact) mass is 460 g/mol. The van der Waals surface area contributed by atoms with Crippen LogP contribution < -0.4 is 5.32 Å². The summed E-state index contributed by atoms with van der Waals surface area (Å²) >= 11 is 0. The van der Waals surface area contributed by atoms with Gasteiger partial charge in [-0.3, -0.25) is 9.78 Å². The molecule has 0 saturated heterocycles. The maximum atomic E-state index is 13.0. The summed E-state index contributed by atoms with van der Waals surface area (Å²) < 4.78 is 38.6. The maximum absolute atomic E-state index is 13.0. The quantitative estimate of drug-likeness (QED) is 0.317. The highest BCUT2D eigenvalue weighted by molar-refractivity contribution is 6.08. The van der Waals surface area contributed by atoms with Crippen LogP contribution in [0.1, 0.15) is 33.5 Å². The molecular formula is C28H23F3N2O. The molecule has 3 aromatic carbocycles. The summed E-state index contributed by atoms with van der Waals surface area (Å²) in [6.07, 6.45) is 2.10. The van der Waals surface area contributed by atoms with Crippen molar-refractivity contribution in [1.29, 1.82) is 0 Å². The Hall–Kier alpha value is -3.93. The van der Waals surface area contributed by atoms with E-state index in [1.165, 1.54) is 23.3 Å². The number of nitrogens with one attached hydrogen (secondary N) is 1. The molecule has 0 fully saturated rings. The van der Waals surface area contributed by atoms with E-state index in [1.807, 2.05) is 36.5 Å². The molecule has 0 aliphatic heterocycles. The van der Waals surface area contributed by atoms with E-state index in [2.05, 4.69) is 16.4 Å². The summed E-state index contributed by atoms with van der Waals surface area (Å²) in [5.41, 5.74) is 3.82. The SMILES string of the molecule is O=C(Nc1ccc(CCCc2cccnc2)cc1)c1ccccc1-c1ccc(C(F)(F)F)cc1. The third kappa shape index (κ3) is 5.90. The molecule has 4 rings (SSSR count). The van der Waals surface area contributed by atoms with Crippen LogP contribution in [0, 0.1) is 0 Å². The van der Waals surface area contributed by atoms with Crippen LogP contribution in [0.25, 0.3) is 11.1 Å². The molecule has 1 heterocycles. The number of carbonyl (C=O) groups is 1. The number of carbonyl (C=O) groups excluding carboxylic acids is 1. The minimum atomic E-state index is -4.40. The molecule has 0 atom stereocenters. The molecule has 0 saturated carbocycles. The van der Waals surface area contributed by atoms with Gasteiger partial charge in [0, 0.05) is 23.6 Å². The number of anilines is 1. The van der Waals surface area contributed by atoms with Gasteiger partial charge in [-0.05, 0) is 77.9 Å². The summed E-state index contributed by atoms with van der Waals surface area (Å²) in [7, 11) is 0. The lowest BCUT2D eigenvalue weighted by Crippen LogP contribution is -2.13. The van der Waals surface area contributed by atoms with Gasteiger partial charge in [-0.1, -0.05) is 48.5 Å². The highest BCUT2D eigenvalue weighted by Gasteiger charge is 2.30. The number of nitrogens with zero attached hydrogens (tertiary/aromatic N) is 1. The minimum absolute atomic E-state index is 0.320. The van der Waals surface area contributed by atoms with Crippen molar-refractivity contribution >= 4 is 11.6 Å². The fraction of sp³-hybridized carbons (Fsp3) is 0.143. The van der Waals surface area contributed by atoms with E-state index in [0.717, 1.165) is 31.4 Å². The molecule has 4 aromatic rings. The molecule has 172 valence electrons. The highest BCUT2D eigenvalue weighted by Crippen LogP contribution is 2.32. The first-order chi connectivity index (χ1) is 16.4. The van der Waals surface area contributed by atoms with Crippen LogP contribution >= 0.6 is 0 Å². The van der Waals surface area contributed by atoms with Crippen molar-refractivity contribution in [3.8, 4) is 11.1 Å². The fourth-order valence-electron chi connectivity index (χ4n) is 3.77. The molecule has 0 aliphatic carbocycles. The van der Waals surface area contributed by atoms with Crippen LogP contribution in [0.5, 0.6) is 0 Å². The summed E-state index contributed by atoms with van der Waals surface area (Å²) in [6.45, 7) is 0. The van der Waals surface area contributed by atoms with Crippen LogP contribution in [-0.2, 0) is 19.0 Å². The Labute approximate surface area is 196 Å². The summed E-state index contributed by atoms with van der Waals surface area (Å²) in [4.78, 5) is 17.1. The van der Waals surface area contributed by atoms with Crippen molar-refractivity contribution in [3.05, 3.63) is 120 Å². The first kappa shape index (κ1) is 23.2. The molecule has 6 heteroatoms. The average molecular weight is 460 g/mol. The zero-order valence-corrected chi connectivity index (χ0v) is 18.3. The van der Waals surface area contributed by atoms with Gasteiger partial charge in [0.25, 0.3) is 5.91 Å². The number of benzene rings is 3. The maximum Gasteiger partial charge on any atom is 0.416 e. The zero-order chi connectivity index (χ0) is 24.0. The second kappa shape index (κ2) is 10.3. The molecule has 0 unspecified atom stereocenters. The van der Waals surface area contributed by atoms with E-state index >= 15 is 0 Å². The van der Waals surface area contributed by atoms with Crippen molar-refractivity contribution in [1.82, 2.24) is 4.98 Å². The molecule has 0 radical (unpaired) electrons. The molecule has 0 aliphatic rings. The van der Waals surface area contributed by atoms with E-state index in [9.17, 15) is 18.0 Å². The van der Waals surface area contributed by atoms with Crippen LogP contribution in [-0.4, -0.2) is 10.9 Å². The summed E-state index contributed by atoms with van der Waals surface area (Å²) in [6, 6.07) is 23.4. The van der Waals surface area contributed by atoms with E-state index in [4.69, 9.17) is 0 Å². The number of halogens is 3. The smallest absolute Gasteiger partial charge is 0.322 e. The highest BCUT2D eigenvalue weighted by atomic mass is 19.4. The number of hydrogen-bond donors (Lipinski definition) is 1. The first-order valence-electron chi connectivity index (χ1n) is 11.0. The number of pyridine rings is 1. The van der Waals surface area contributed by atoms with Gasteiger partial charge in [0.1, 0.15) is 0 Å². The molecular weight excluding hydrogens is 437 g/mol. The fourth-order valence-corrected chi connectivity index (χ4v) is 3.77. The van der Waals surface area contributed by atoms with Crippen molar-refractivity contribution in [2.45, 2.75) is 25.4 Å². The van der Waals surface area contributed by atoms with Crippen molar-refractivity contribution in [2.75, 3.05) is 5.32 Å². The first-order valence-corrected chi connectivity index (χ1v) is 11.0. The third-order valence-corrected chi connectivity index (χ3v) is 5.56. The van der Waals surface area contributed by atoms with Crippen LogP contribution in [0.2, 0.25) is 0 Å². The molecule has 34 heavy (non-hydrogen) atoms. The van der Waals surface area contributed by atoms with Gasteiger partial charge in [0.05, 0.1) is 5.56 Å². The van der Waals surface area contributed by atoms with Crippen LogP contribution in [0.15, 0.2) is 97.3 Å². The lowest BCUT2D eigenvalue weighted by atomic mass is 9.98. The minimum Gasteiger partial charge on any atom is -0.322 e. The molecule has 0 bridgehead atoms. The Morgan fingerprint density at radius 2 is 1.50 bits per heavy atom. The summed E-state index contributed by atoms with van der Waals surface area (Å²) in [5.74, 6) is -0.320. The zero-order valence-electron chi connectivity index (χ0n) is 18.3. The van der Waals surface area contributed by atoms with E-state index in [-0.39, 0.29) is 5.91 Å². The second-order valence-corrected chi connectivity index (χ2v) is 7.99. The predicted octanol–water partition coefficient (Wildman–Crippen LogP) is 7.20. The van der Waals surface area contributed by atoms with Gasteiger partial charge in [0.2, 0.25) is 0 Å². The van der Waals surface area contributed by atoms with Gasteiger partial charge in [-0.15, -0.1) is 0 Å². The Morgan fingerprint density at radius 1 is 0.794 bits per heavy atom. The number of alkyl halides is 3. The van der Waals surface area contributed by atoms with Crippen molar-refractivity contribution in [2.24, 2.45) is 0 Å². The topological polar surface area (TPSA) is 42.0 Å². The van der Waals surface area contributed by atoms with Crippen LogP contribution in [0.4, 0.5) is 18.9 Å². The molecule has 1 N–H and O–H groups in total. The molecule has 3 nitrogen and oxygen atoms in total. The van der Waals surface area contributed by atoms with Crippen molar-refractivity contribution < 1.29 is 18.0 Å². The predicted molar refractivity (Wildman–Crippen MR) is 128 cm³/mol. The Balaban J connectivity index is 1.41. The normalized spacial score (nSPS) is 11.3. The van der Waals surface area contributed by atoms with Gasteiger partial charge >= 0.3 is 6.18 Å². The van der Waals surface area contributed by atoms with E-state index < -0.39 is 11.7 Å². The Bertz CT molecular complexity index is 1240. The van der Waals surface area contributed by atoms with Gasteiger partial charge in [0.15, 0.2) is 0 Å². The average Bonchev–Trinajstić information content (AvgIpc) is 2.85. The van der Waals surface area contributed by atoms with Crippen molar-refractivity contribution in [3.63, 3.8) is 0 Å². The number of hydrogen-bond acceptors (Lipinski definition) is 2. The van der Waals surface area contributed by atoms with Gasteiger partial charge in [-0.25, -0.2) is 0 Å². The lowest BCUT2D eigenvalue weighted by molar-refractivity contribution is -0.137. The largest absolute Gasteiger partial charge is 0.416 e. The van der Waals surface area contributed by atoms with Crippen LogP contribution in [0.3, 0.4) is 0 Å². The molecule has 0 spiro atoms. The Morgan fingerprint density at radius 3 is 2.18 bits per heavy atom. The second-order valence-electron chi connectivity index (χ2n) is 7.99. The number of rotatable bonds is 7. The standard InChI is InChI=1S/C28H23F3N2O/c29-28(30,31)23-14-12-22(13-15-23)25-8-1-2-9-26(25)27(34)33-24-16-10-20(11-17-24)5-3-6-21-7-4-18-32-19-21/h1-2,4,7-19H,3,5-6H2,(H,33,34). The van der Waals surface area contributed by atoms with Gasteiger partial charge in [-0.2, -0.15) is 13.2 Å². The van der Waals surface area contributed by atoms with E-state index in [0.29, 0.717) is 22.4 Å². The third-order valence-electron chi connectivity index (χ3n) is 5.56. The number of aromatic nitrogens is 1. The summed E-state index contributed by atoms with van der Waals surface area (Å²) in [5, 5.41) is 2.89.